The quantitative estimate of drug-likeness (QED) is 0.842. The second-order valence-electron chi connectivity index (χ2n) is 5.86. The molecule has 0 aromatic carbocycles. The summed E-state index contributed by atoms with van der Waals surface area (Å²) in [6.07, 6.45) is 2.92. The van der Waals surface area contributed by atoms with E-state index in [1.54, 1.807) is 20.8 Å². The van der Waals surface area contributed by atoms with Crippen molar-refractivity contribution < 1.29 is 18.3 Å². The van der Waals surface area contributed by atoms with E-state index in [0.29, 0.717) is 12.8 Å². The molecule has 1 fully saturated rings. The number of rotatable bonds is 4. The van der Waals surface area contributed by atoms with Gasteiger partial charge in [-0.2, -0.15) is 0 Å². The number of aliphatic carboxylic acids is 1. The van der Waals surface area contributed by atoms with Gasteiger partial charge < -0.3 is 5.11 Å². The van der Waals surface area contributed by atoms with Gasteiger partial charge >= 0.3 is 5.97 Å². The molecule has 0 bridgehead atoms. The second kappa shape index (κ2) is 4.96. The third kappa shape index (κ3) is 3.44. The van der Waals surface area contributed by atoms with Gasteiger partial charge in [-0.1, -0.05) is 6.42 Å². The predicted molar refractivity (Wildman–Crippen MR) is 66.6 cm³/mol. The molecule has 0 aromatic rings. The minimum absolute atomic E-state index is 0.0321. The van der Waals surface area contributed by atoms with E-state index in [9.17, 15) is 13.2 Å². The maximum absolute atomic E-state index is 11.9. The molecule has 0 radical (unpaired) electrons. The lowest BCUT2D eigenvalue weighted by molar-refractivity contribution is -0.142. The van der Waals surface area contributed by atoms with Crippen LogP contribution in [0.1, 0.15) is 46.5 Å². The third-order valence-corrected chi connectivity index (χ3v) is 6.31. The highest BCUT2D eigenvalue weighted by Gasteiger charge is 2.35. The van der Waals surface area contributed by atoms with Gasteiger partial charge in [-0.25, -0.2) is 8.42 Å². The minimum atomic E-state index is -3.13. The molecule has 1 N–H and O–H groups in total. The molecule has 0 saturated heterocycles. The van der Waals surface area contributed by atoms with E-state index in [-0.39, 0.29) is 17.6 Å². The number of hydrogen-bond donors (Lipinski definition) is 1. The fraction of sp³-hybridized carbons (Fsp3) is 0.917. The van der Waals surface area contributed by atoms with Crippen molar-refractivity contribution in [2.24, 2.45) is 11.8 Å². The first-order chi connectivity index (χ1) is 7.65. The highest BCUT2D eigenvalue weighted by molar-refractivity contribution is 7.92. The summed E-state index contributed by atoms with van der Waals surface area (Å²) < 4.78 is 23.1. The summed E-state index contributed by atoms with van der Waals surface area (Å²) in [6.45, 7) is 5.06. The lowest BCUT2D eigenvalue weighted by Gasteiger charge is -2.21. The number of carbonyl (C=O) groups is 1. The Balaban J connectivity index is 2.60. The molecule has 1 rings (SSSR count). The minimum Gasteiger partial charge on any atom is -0.481 e. The molecule has 100 valence electrons. The largest absolute Gasteiger partial charge is 0.481 e. The lowest BCUT2D eigenvalue weighted by atomic mass is 9.94. The summed E-state index contributed by atoms with van der Waals surface area (Å²) in [5.41, 5.74) is 0. The summed E-state index contributed by atoms with van der Waals surface area (Å²) >= 11 is 0. The molecule has 2 atom stereocenters. The van der Waals surface area contributed by atoms with Gasteiger partial charge in [0, 0.05) is 0 Å². The van der Waals surface area contributed by atoms with Gasteiger partial charge in [-0.3, -0.25) is 4.79 Å². The van der Waals surface area contributed by atoms with Crippen molar-refractivity contribution in [1.29, 1.82) is 0 Å². The van der Waals surface area contributed by atoms with E-state index in [4.69, 9.17) is 5.11 Å². The van der Waals surface area contributed by atoms with Crippen molar-refractivity contribution in [3.63, 3.8) is 0 Å². The normalized spacial score (nSPS) is 26.1. The third-order valence-electron chi connectivity index (χ3n) is 3.67. The Bertz CT molecular complexity index is 378. The van der Waals surface area contributed by atoms with Crippen LogP contribution in [0.5, 0.6) is 0 Å². The molecule has 0 aromatic heterocycles. The highest BCUT2D eigenvalue weighted by Crippen LogP contribution is 2.35. The Morgan fingerprint density at radius 1 is 1.29 bits per heavy atom. The Kier molecular flexibility index (Phi) is 4.23. The standard InChI is InChI=1S/C12H22O4S/c1-12(2,3)17(15,16)8-7-9-5-4-6-10(9)11(13)14/h9-10H,4-8H2,1-3H3,(H,13,14). The van der Waals surface area contributed by atoms with Crippen LogP contribution < -0.4 is 0 Å². The van der Waals surface area contributed by atoms with Gasteiger partial charge in [0.2, 0.25) is 0 Å². The Labute approximate surface area is 103 Å². The number of hydrogen-bond acceptors (Lipinski definition) is 3. The molecular formula is C12H22O4S. The van der Waals surface area contributed by atoms with Crippen LogP contribution >= 0.6 is 0 Å². The van der Waals surface area contributed by atoms with E-state index < -0.39 is 20.6 Å². The van der Waals surface area contributed by atoms with Crippen LogP contribution in [-0.4, -0.2) is 30.0 Å². The number of carboxylic acids is 1. The Morgan fingerprint density at radius 2 is 1.88 bits per heavy atom. The first kappa shape index (κ1) is 14.5. The Morgan fingerprint density at radius 3 is 2.35 bits per heavy atom. The summed E-state index contributed by atoms with van der Waals surface area (Å²) in [6, 6.07) is 0. The molecule has 17 heavy (non-hydrogen) atoms. The molecule has 5 heteroatoms. The lowest BCUT2D eigenvalue weighted by Crippen LogP contribution is -2.32. The monoisotopic (exact) mass is 262 g/mol. The molecule has 4 nitrogen and oxygen atoms in total. The van der Waals surface area contributed by atoms with Crippen molar-refractivity contribution in [2.45, 2.75) is 51.2 Å². The van der Waals surface area contributed by atoms with Crippen LogP contribution in [0.4, 0.5) is 0 Å². The van der Waals surface area contributed by atoms with Crippen molar-refractivity contribution in [3.05, 3.63) is 0 Å². The average Bonchev–Trinajstić information content (AvgIpc) is 2.60. The average molecular weight is 262 g/mol. The van der Waals surface area contributed by atoms with Gasteiger partial charge in [0.05, 0.1) is 16.4 Å². The molecule has 0 aliphatic heterocycles. The van der Waals surface area contributed by atoms with Crippen molar-refractivity contribution in [2.75, 3.05) is 5.75 Å². The van der Waals surface area contributed by atoms with Gasteiger partial charge in [0.15, 0.2) is 9.84 Å². The molecular weight excluding hydrogens is 240 g/mol. The molecule has 1 aliphatic carbocycles. The zero-order chi connectivity index (χ0) is 13.3. The Hall–Kier alpha value is -0.580. The number of carboxylic acid groups (broad SMARTS) is 1. The van der Waals surface area contributed by atoms with Gasteiger partial charge in [-0.15, -0.1) is 0 Å². The summed E-state index contributed by atoms with van der Waals surface area (Å²) in [4.78, 5) is 11.0. The molecule has 0 heterocycles. The van der Waals surface area contributed by atoms with E-state index in [2.05, 4.69) is 0 Å². The molecule has 2 unspecified atom stereocenters. The zero-order valence-electron chi connectivity index (χ0n) is 10.8. The summed E-state index contributed by atoms with van der Waals surface area (Å²) in [5, 5.41) is 9.02. The zero-order valence-corrected chi connectivity index (χ0v) is 11.6. The van der Waals surface area contributed by atoms with E-state index in [1.165, 1.54) is 0 Å². The van der Waals surface area contributed by atoms with Gasteiger partial charge in [-0.05, 0) is 46.0 Å². The molecule has 0 amide bonds. The SMILES string of the molecule is CC(C)(C)S(=O)(=O)CCC1CCCC1C(=O)O. The fourth-order valence-electron chi connectivity index (χ4n) is 2.32. The second-order valence-corrected chi connectivity index (χ2v) is 8.72. The first-order valence-electron chi connectivity index (χ1n) is 6.10. The van der Waals surface area contributed by atoms with Gasteiger partial charge in [0.1, 0.15) is 0 Å². The number of sulfone groups is 1. The van der Waals surface area contributed by atoms with Crippen LogP contribution in [0.15, 0.2) is 0 Å². The van der Waals surface area contributed by atoms with Crippen LogP contribution in [0.25, 0.3) is 0 Å². The molecule has 1 aliphatic rings. The maximum Gasteiger partial charge on any atom is 0.306 e. The van der Waals surface area contributed by atoms with Crippen LogP contribution in [-0.2, 0) is 14.6 Å². The van der Waals surface area contributed by atoms with Crippen LogP contribution in [0.3, 0.4) is 0 Å². The predicted octanol–water partition coefficient (Wildman–Crippen LogP) is 2.09. The molecule has 1 saturated carbocycles. The smallest absolute Gasteiger partial charge is 0.306 e. The van der Waals surface area contributed by atoms with Crippen molar-refractivity contribution in [1.82, 2.24) is 0 Å². The summed E-state index contributed by atoms with van der Waals surface area (Å²) in [5.74, 6) is -0.985. The van der Waals surface area contributed by atoms with Crippen LogP contribution in [0.2, 0.25) is 0 Å². The van der Waals surface area contributed by atoms with Crippen molar-refractivity contribution in [3.8, 4) is 0 Å². The van der Waals surface area contributed by atoms with Crippen LogP contribution in [0, 0.1) is 11.8 Å². The highest BCUT2D eigenvalue weighted by atomic mass is 32.2. The van der Waals surface area contributed by atoms with E-state index >= 15 is 0 Å². The summed E-state index contributed by atoms with van der Waals surface area (Å²) in [7, 11) is -3.13. The van der Waals surface area contributed by atoms with E-state index in [1.807, 2.05) is 0 Å². The first-order valence-corrected chi connectivity index (χ1v) is 7.75. The van der Waals surface area contributed by atoms with Crippen molar-refractivity contribution >= 4 is 15.8 Å². The van der Waals surface area contributed by atoms with Gasteiger partial charge in [0.25, 0.3) is 0 Å². The fourth-order valence-corrected chi connectivity index (χ4v) is 3.55. The maximum atomic E-state index is 11.9. The van der Waals surface area contributed by atoms with E-state index in [0.717, 1.165) is 12.8 Å². The topological polar surface area (TPSA) is 71.4 Å². The molecule has 0 spiro atoms.